The highest BCUT2D eigenvalue weighted by Gasteiger charge is 2.42. The molecule has 1 atom stereocenters. The number of nitrogens with zero attached hydrogens (tertiary/aromatic N) is 3. The number of alkyl halides is 3. The van der Waals surface area contributed by atoms with E-state index in [1.165, 1.54) is 31.3 Å². The van der Waals surface area contributed by atoms with Gasteiger partial charge in [0.1, 0.15) is 6.61 Å². The molecule has 0 aliphatic rings. The van der Waals surface area contributed by atoms with Gasteiger partial charge in [-0.1, -0.05) is 30.3 Å². The number of hydrogen-bond acceptors (Lipinski definition) is 5. The molecule has 0 fully saturated rings. The second-order valence-corrected chi connectivity index (χ2v) is 5.11. The Bertz CT molecular complexity index is 673. The topological polar surface area (TPSA) is 68.5 Å². The number of likely N-dealkylation sites (N-methyl/N-ethyl adjacent to an activating group) is 1. The standard InChI is InChI=1S/C15H16F3N3O3/c1-10-19-20-12(24-10)8-21(2)13(22)9-23-14(15(16,17)18)11-6-4-3-5-7-11/h3-7,14H,8-9H2,1-2H3/t14-/m0/s1. The van der Waals surface area contributed by atoms with Crippen LogP contribution in [0.5, 0.6) is 0 Å². The van der Waals surface area contributed by atoms with Crippen LogP contribution in [0, 0.1) is 6.92 Å². The summed E-state index contributed by atoms with van der Waals surface area (Å²) < 4.78 is 49.3. The Morgan fingerprint density at radius 3 is 2.50 bits per heavy atom. The fourth-order valence-corrected chi connectivity index (χ4v) is 1.96. The average molecular weight is 343 g/mol. The molecule has 0 saturated carbocycles. The van der Waals surface area contributed by atoms with Gasteiger partial charge in [0.15, 0.2) is 6.10 Å². The van der Waals surface area contributed by atoms with Crippen molar-refractivity contribution < 1.29 is 27.1 Å². The minimum atomic E-state index is -4.62. The highest BCUT2D eigenvalue weighted by atomic mass is 19.4. The SMILES string of the molecule is Cc1nnc(CN(C)C(=O)CO[C@@H](c2ccccc2)C(F)(F)F)o1. The predicted molar refractivity (Wildman–Crippen MR) is 76.7 cm³/mol. The quantitative estimate of drug-likeness (QED) is 0.807. The first-order valence-corrected chi connectivity index (χ1v) is 7.03. The van der Waals surface area contributed by atoms with Crippen molar-refractivity contribution >= 4 is 5.91 Å². The van der Waals surface area contributed by atoms with Crippen LogP contribution in [0.25, 0.3) is 0 Å². The second-order valence-electron chi connectivity index (χ2n) is 5.11. The average Bonchev–Trinajstić information content (AvgIpc) is 2.92. The van der Waals surface area contributed by atoms with Gasteiger partial charge < -0.3 is 14.1 Å². The molecule has 2 rings (SSSR count). The molecule has 0 aliphatic heterocycles. The Hall–Kier alpha value is -2.42. The molecular weight excluding hydrogens is 327 g/mol. The minimum Gasteiger partial charge on any atom is -0.424 e. The Balaban J connectivity index is 1.97. The summed E-state index contributed by atoms with van der Waals surface area (Å²) in [5.41, 5.74) is -0.0621. The van der Waals surface area contributed by atoms with E-state index in [9.17, 15) is 18.0 Å². The van der Waals surface area contributed by atoms with E-state index in [-0.39, 0.29) is 18.0 Å². The number of aryl methyl sites for hydroxylation is 1. The maximum Gasteiger partial charge on any atom is 0.418 e. The fraction of sp³-hybridized carbons (Fsp3) is 0.400. The molecular formula is C15H16F3N3O3. The lowest BCUT2D eigenvalue weighted by molar-refractivity contribution is -0.224. The molecule has 0 N–H and O–H groups in total. The van der Waals surface area contributed by atoms with Crippen LogP contribution in [-0.4, -0.2) is 40.8 Å². The molecule has 0 aliphatic carbocycles. The summed E-state index contributed by atoms with van der Waals surface area (Å²) in [6.45, 7) is 0.864. The van der Waals surface area contributed by atoms with Crippen molar-refractivity contribution in [3.8, 4) is 0 Å². The van der Waals surface area contributed by atoms with Gasteiger partial charge in [0.2, 0.25) is 17.7 Å². The van der Waals surface area contributed by atoms with Crippen molar-refractivity contribution in [1.29, 1.82) is 0 Å². The van der Waals surface area contributed by atoms with Gasteiger partial charge in [-0.05, 0) is 5.56 Å². The Labute approximate surface area is 136 Å². The predicted octanol–water partition coefficient (Wildman–Crippen LogP) is 2.66. The molecule has 24 heavy (non-hydrogen) atoms. The van der Waals surface area contributed by atoms with E-state index in [1.54, 1.807) is 13.0 Å². The summed E-state index contributed by atoms with van der Waals surface area (Å²) in [7, 11) is 1.41. The van der Waals surface area contributed by atoms with Gasteiger partial charge in [0.25, 0.3) is 0 Å². The molecule has 6 nitrogen and oxygen atoms in total. The van der Waals surface area contributed by atoms with E-state index >= 15 is 0 Å². The van der Waals surface area contributed by atoms with E-state index in [0.717, 1.165) is 4.90 Å². The van der Waals surface area contributed by atoms with Crippen LogP contribution in [0.1, 0.15) is 23.4 Å². The number of carbonyl (C=O) groups excluding carboxylic acids is 1. The number of amides is 1. The Kier molecular flexibility index (Phi) is 5.55. The normalized spacial score (nSPS) is 12.9. The summed E-state index contributed by atoms with van der Waals surface area (Å²) in [6.07, 6.45) is -6.79. The van der Waals surface area contributed by atoms with Crippen molar-refractivity contribution in [2.24, 2.45) is 0 Å². The van der Waals surface area contributed by atoms with Crippen molar-refractivity contribution in [1.82, 2.24) is 15.1 Å². The number of rotatable bonds is 6. The van der Waals surface area contributed by atoms with Gasteiger partial charge in [-0.15, -0.1) is 10.2 Å². The van der Waals surface area contributed by atoms with E-state index in [0.29, 0.717) is 5.89 Å². The molecule has 0 bridgehead atoms. The lowest BCUT2D eigenvalue weighted by atomic mass is 10.1. The number of carbonyl (C=O) groups is 1. The van der Waals surface area contributed by atoms with Crippen LogP contribution in [0.2, 0.25) is 0 Å². The molecule has 2 aromatic rings. The molecule has 1 amide bonds. The molecule has 1 heterocycles. The van der Waals surface area contributed by atoms with Crippen LogP contribution in [-0.2, 0) is 16.1 Å². The molecule has 130 valence electrons. The summed E-state index contributed by atoms with van der Waals surface area (Å²) in [5.74, 6) is -0.0990. The third-order valence-electron chi connectivity index (χ3n) is 3.14. The van der Waals surface area contributed by atoms with Gasteiger partial charge >= 0.3 is 6.18 Å². The van der Waals surface area contributed by atoms with Gasteiger partial charge in [-0.2, -0.15) is 13.2 Å². The van der Waals surface area contributed by atoms with E-state index < -0.39 is 24.8 Å². The first kappa shape index (κ1) is 17.9. The third kappa shape index (κ3) is 4.79. The lowest BCUT2D eigenvalue weighted by Crippen LogP contribution is -2.33. The fourth-order valence-electron chi connectivity index (χ4n) is 1.96. The molecule has 1 aromatic carbocycles. The van der Waals surface area contributed by atoms with Gasteiger partial charge in [-0.25, -0.2) is 0 Å². The number of hydrogen-bond donors (Lipinski definition) is 0. The van der Waals surface area contributed by atoms with Crippen molar-refractivity contribution in [3.05, 3.63) is 47.7 Å². The molecule has 0 saturated heterocycles. The summed E-state index contributed by atoms with van der Waals surface area (Å²) >= 11 is 0. The number of aromatic nitrogens is 2. The Morgan fingerprint density at radius 1 is 1.29 bits per heavy atom. The zero-order valence-corrected chi connectivity index (χ0v) is 13.1. The largest absolute Gasteiger partial charge is 0.424 e. The van der Waals surface area contributed by atoms with E-state index in [2.05, 4.69) is 10.2 Å². The van der Waals surface area contributed by atoms with Crippen LogP contribution >= 0.6 is 0 Å². The van der Waals surface area contributed by atoms with Crippen LogP contribution in [0.4, 0.5) is 13.2 Å². The number of halogens is 3. The maximum atomic E-state index is 13.1. The van der Waals surface area contributed by atoms with Crippen LogP contribution in [0.3, 0.4) is 0 Å². The highest BCUT2D eigenvalue weighted by Crippen LogP contribution is 2.35. The number of benzene rings is 1. The number of ether oxygens (including phenoxy) is 1. The van der Waals surface area contributed by atoms with Gasteiger partial charge in [-0.3, -0.25) is 4.79 Å². The Morgan fingerprint density at radius 2 is 1.96 bits per heavy atom. The van der Waals surface area contributed by atoms with Crippen molar-refractivity contribution in [2.75, 3.05) is 13.7 Å². The minimum absolute atomic E-state index is 0.00887. The van der Waals surface area contributed by atoms with E-state index in [4.69, 9.17) is 9.15 Å². The zero-order chi connectivity index (χ0) is 17.7. The van der Waals surface area contributed by atoms with Crippen molar-refractivity contribution in [3.63, 3.8) is 0 Å². The summed E-state index contributed by atoms with van der Waals surface area (Å²) in [4.78, 5) is 13.1. The molecule has 0 unspecified atom stereocenters. The zero-order valence-electron chi connectivity index (χ0n) is 13.1. The van der Waals surface area contributed by atoms with Crippen LogP contribution in [0.15, 0.2) is 34.7 Å². The summed E-state index contributed by atoms with van der Waals surface area (Å²) in [6, 6.07) is 7.15. The molecule has 0 radical (unpaired) electrons. The van der Waals surface area contributed by atoms with Crippen LogP contribution < -0.4 is 0 Å². The lowest BCUT2D eigenvalue weighted by Gasteiger charge is -2.22. The highest BCUT2D eigenvalue weighted by molar-refractivity contribution is 5.77. The molecule has 0 spiro atoms. The monoisotopic (exact) mass is 343 g/mol. The molecule has 9 heteroatoms. The second kappa shape index (κ2) is 7.43. The van der Waals surface area contributed by atoms with Crippen molar-refractivity contribution in [2.45, 2.75) is 25.7 Å². The third-order valence-corrected chi connectivity index (χ3v) is 3.14. The first-order valence-electron chi connectivity index (χ1n) is 7.03. The van der Waals surface area contributed by atoms with Gasteiger partial charge in [0.05, 0.1) is 6.54 Å². The smallest absolute Gasteiger partial charge is 0.418 e. The molecule has 1 aromatic heterocycles. The van der Waals surface area contributed by atoms with E-state index in [1.807, 2.05) is 0 Å². The maximum absolute atomic E-state index is 13.1. The first-order chi connectivity index (χ1) is 11.3. The van der Waals surface area contributed by atoms with Gasteiger partial charge in [0, 0.05) is 14.0 Å². The summed E-state index contributed by atoms with van der Waals surface area (Å²) in [5, 5.41) is 7.33.